The monoisotopic (exact) mass is 373 g/mol. The molecule has 14 heavy (non-hydrogen) atoms. The standard InChI is InChI=1S/C10H12N.2CH3.Au/c1-2-8-11-9-10-6-4-3-5-7-10;;;/h2-7H,1,8-9H2;2*1H3;/q-1;;;+1. The van der Waals surface area contributed by atoms with Gasteiger partial charge in [-0.1, -0.05) is 0 Å². The second kappa shape index (κ2) is 6.20. The molecule has 0 bridgehead atoms. The van der Waals surface area contributed by atoms with Crippen molar-refractivity contribution in [2.45, 2.75) is 16.8 Å². The third kappa shape index (κ3) is 3.81. The maximum atomic E-state index is 3.81. The zero-order chi connectivity index (χ0) is 10.4. The summed E-state index contributed by atoms with van der Waals surface area (Å²) < 4.78 is 2.54. The zero-order valence-corrected chi connectivity index (χ0v) is 11.0. The molecule has 0 heterocycles. The van der Waals surface area contributed by atoms with Crippen LogP contribution in [0.1, 0.15) is 5.56 Å². The molecule has 0 N–H and O–H groups in total. The van der Waals surface area contributed by atoms with Gasteiger partial charge in [-0.15, -0.1) is 0 Å². The number of benzene rings is 1. The van der Waals surface area contributed by atoms with Crippen LogP contribution in [0.2, 0.25) is 10.3 Å². The van der Waals surface area contributed by atoms with Gasteiger partial charge in [-0.2, -0.15) is 0 Å². The van der Waals surface area contributed by atoms with Crippen LogP contribution in [-0.4, -0.2) is 9.85 Å². The van der Waals surface area contributed by atoms with Gasteiger partial charge in [0.2, 0.25) is 0 Å². The minimum atomic E-state index is -0.796. The van der Waals surface area contributed by atoms with Crippen LogP contribution in [0.25, 0.3) is 0 Å². The first kappa shape index (κ1) is 11.7. The van der Waals surface area contributed by atoms with Crippen LogP contribution in [0.4, 0.5) is 0 Å². The van der Waals surface area contributed by atoms with Crippen LogP contribution in [-0.2, 0) is 25.2 Å². The van der Waals surface area contributed by atoms with Crippen molar-refractivity contribution in [2.75, 3.05) is 6.54 Å². The summed E-state index contributed by atoms with van der Waals surface area (Å²) in [4.78, 5) is 0. The van der Waals surface area contributed by atoms with Gasteiger partial charge >= 0.3 is 93.9 Å². The fourth-order valence-corrected chi connectivity index (χ4v) is 3.32. The second-order valence-electron chi connectivity index (χ2n) is 3.10. The van der Waals surface area contributed by atoms with Crippen LogP contribution in [0, 0.1) is 0 Å². The van der Waals surface area contributed by atoms with E-state index in [-0.39, 0.29) is 0 Å². The second-order valence-corrected chi connectivity index (χ2v) is 8.57. The molecule has 0 saturated heterocycles. The Balaban J connectivity index is 2.60. The summed E-state index contributed by atoms with van der Waals surface area (Å²) >= 11 is -0.796. The van der Waals surface area contributed by atoms with E-state index in [0.29, 0.717) is 0 Å². The summed E-state index contributed by atoms with van der Waals surface area (Å²) in [6.07, 6.45) is 2.00. The van der Waals surface area contributed by atoms with Crippen molar-refractivity contribution in [3.8, 4) is 0 Å². The summed E-state index contributed by atoms with van der Waals surface area (Å²) in [7, 11) is 0. The third-order valence-electron chi connectivity index (χ3n) is 1.88. The fraction of sp³-hybridized carbons (Fsp3) is 0.333. The van der Waals surface area contributed by atoms with E-state index in [1.54, 1.807) is 0 Å². The number of hydrogen-bond donors (Lipinski definition) is 0. The molecule has 0 radical (unpaired) electrons. The van der Waals surface area contributed by atoms with Gasteiger partial charge in [0.05, 0.1) is 0 Å². The van der Waals surface area contributed by atoms with Crippen molar-refractivity contribution >= 4 is 0 Å². The van der Waals surface area contributed by atoms with Gasteiger partial charge in [-0.05, 0) is 0 Å². The first-order chi connectivity index (χ1) is 6.74. The van der Waals surface area contributed by atoms with Crippen molar-refractivity contribution in [2.24, 2.45) is 0 Å². The third-order valence-corrected chi connectivity index (χ3v) is 5.36. The van der Waals surface area contributed by atoms with Crippen LogP contribution in [0.5, 0.6) is 0 Å². The van der Waals surface area contributed by atoms with Gasteiger partial charge in [0.1, 0.15) is 0 Å². The summed E-state index contributed by atoms with van der Waals surface area (Å²) in [6.45, 7) is 5.89. The molecule has 1 rings (SSSR count). The predicted octanol–water partition coefficient (Wildman–Crippen LogP) is 3.30. The average Bonchev–Trinajstić information content (AvgIpc) is 2.18. The molecule has 0 unspecified atom stereocenters. The predicted molar refractivity (Wildman–Crippen MR) is 58.8 cm³/mol. The maximum absolute atomic E-state index is 3.81. The normalized spacial score (nSPS) is 11.5. The SMILES string of the molecule is C=CC[N](Cc1ccccc1)[Au]([CH3])[CH3]. The molecule has 1 aromatic rings. The van der Waals surface area contributed by atoms with Gasteiger partial charge in [0, 0.05) is 0 Å². The first-order valence-electron chi connectivity index (χ1n) is 4.45. The summed E-state index contributed by atoms with van der Waals surface area (Å²) in [5.41, 5.74) is 1.40. The van der Waals surface area contributed by atoms with Gasteiger partial charge in [0.15, 0.2) is 0 Å². The molecule has 0 amide bonds. The Hall–Kier alpha value is -0.340. The van der Waals surface area contributed by atoms with Crippen LogP contribution >= 0.6 is 0 Å². The summed E-state index contributed by atoms with van der Waals surface area (Å²) in [5.74, 6) is 0. The molecule has 0 fully saturated rings. The summed E-state index contributed by atoms with van der Waals surface area (Å²) in [5, 5.41) is 4.73. The Bertz CT molecular complexity index is 269. The van der Waals surface area contributed by atoms with Crippen molar-refractivity contribution < 1.29 is 18.7 Å². The molecule has 1 nitrogen and oxygen atoms in total. The Morgan fingerprint density at radius 2 is 1.93 bits per heavy atom. The molecular formula is C12H18AuN. The molecule has 0 saturated carbocycles. The van der Waals surface area contributed by atoms with E-state index in [9.17, 15) is 0 Å². The molecule has 0 aliphatic heterocycles. The molecule has 0 spiro atoms. The van der Waals surface area contributed by atoms with Gasteiger partial charge in [0.25, 0.3) is 0 Å². The van der Waals surface area contributed by atoms with Crippen molar-refractivity contribution in [1.29, 1.82) is 0 Å². The molecular weight excluding hydrogens is 355 g/mol. The topological polar surface area (TPSA) is 3.24 Å². The number of hydrogen-bond acceptors (Lipinski definition) is 1. The van der Waals surface area contributed by atoms with Gasteiger partial charge < -0.3 is 0 Å². The summed E-state index contributed by atoms with van der Waals surface area (Å²) in [6, 6.07) is 10.6. The van der Waals surface area contributed by atoms with Crippen molar-refractivity contribution in [1.82, 2.24) is 3.30 Å². The van der Waals surface area contributed by atoms with Crippen LogP contribution in [0.15, 0.2) is 43.0 Å². The molecule has 1 aromatic carbocycles. The first-order valence-corrected chi connectivity index (χ1v) is 9.75. The Labute approximate surface area is 93.9 Å². The van der Waals surface area contributed by atoms with E-state index in [4.69, 9.17) is 0 Å². The van der Waals surface area contributed by atoms with Crippen molar-refractivity contribution in [3.05, 3.63) is 48.6 Å². The fourth-order valence-electron chi connectivity index (χ4n) is 1.17. The quantitative estimate of drug-likeness (QED) is 0.566. The number of rotatable bonds is 5. The molecule has 0 aromatic heterocycles. The van der Waals surface area contributed by atoms with E-state index >= 15 is 0 Å². The number of nitrogens with zero attached hydrogens (tertiary/aromatic N) is 1. The molecule has 0 aliphatic carbocycles. The average molecular weight is 373 g/mol. The van der Waals surface area contributed by atoms with Crippen molar-refractivity contribution in [3.63, 3.8) is 0 Å². The van der Waals surface area contributed by atoms with Crippen LogP contribution in [0.3, 0.4) is 0 Å². The molecule has 82 valence electrons. The molecule has 2 heteroatoms. The Morgan fingerprint density at radius 1 is 1.29 bits per heavy atom. The van der Waals surface area contributed by atoms with E-state index < -0.39 is 18.7 Å². The van der Waals surface area contributed by atoms with Gasteiger partial charge in [-0.25, -0.2) is 0 Å². The van der Waals surface area contributed by atoms with E-state index in [1.807, 2.05) is 6.08 Å². The van der Waals surface area contributed by atoms with E-state index in [0.717, 1.165) is 13.1 Å². The van der Waals surface area contributed by atoms with E-state index in [1.165, 1.54) is 5.56 Å². The zero-order valence-electron chi connectivity index (χ0n) is 8.83. The molecule has 0 atom stereocenters. The minimum absolute atomic E-state index is 0.796. The van der Waals surface area contributed by atoms with Crippen LogP contribution < -0.4 is 0 Å². The Morgan fingerprint density at radius 3 is 2.43 bits per heavy atom. The van der Waals surface area contributed by atoms with E-state index in [2.05, 4.69) is 50.5 Å². The molecule has 0 aliphatic rings. The van der Waals surface area contributed by atoms with Gasteiger partial charge in [-0.3, -0.25) is 0 Å². The Kier molecular flexibility index (Phi) is 5.20.